The Morgan fingerprint density at radius 1 is 1.08 bits per heavy atom. The molecule has 3 aromatic rings. The molecule has 0 spiro atoms. The summed E-state index contributed by atoms with van der Waals surface area (Å²) in [4.78, 5) is 25.9. The number of carbonyl (C=O) groups is 1. The van der Waals surface area contributed by atoms with Crippen molar-refractivity contribution in [3.05, 3.63) is 66.2 Å². The van der Waals surface area contributed by atoms with Gasteiger partial charge in [0.2, 0.25) is 5.88 Å². The second-order valence-electron chi connectivity index (χ2n) is 5.43. The van der Waals surface area contributed by atoms with Gasteiger partial charge in [-0.15, -0.1) is 0 Å². The van der Waals surface area contributed by atoms with Crippen molar-refractivity contribution in [3.63, 3.8) is 0 Å². The van der Waals surface area contributed by atoms with Crippen LogP contribution in [-0.2, 0) is 0 Å². The maximum absolute atomic E-state index is 12.1. The molecular formula is C18H17N5O2. The number of urea groups is 1. The van der Waals surface area contributed by atoms with Gasteiger partial charge in [-0.2, -0.15) is 0 Å². The molecule has 2 heterocycles. The second-order valence-corrected chi connectivity index (χ2v) is 5.43. The summed E-state index contributed by atoms with van der Waals surface area (Å²) >= 11 is 0. The Bertz CT molecular complexity index is 882. The summed E-state index contributed by atoms with van der Waals surface area (Å²) in [5.74, 6) is 1.16. The predicted octanol–water partition coefficient (Wildman–Crippen LogP) is 3.50. The Balaban J connectivity index is 2.07. The van der Waals surface area contributed by atoms with Crippen LogP contribution in [0, 0.1) is 13.8 Å². The Morgan fingerprint density at radius 3 is 2.56 bits per heavy atom. The van der Waals surface area contributed by atoms with Gasteiger partial charge in [0.1, 0.15) is 0 Å². The van der Waals surface area contributed by atoms with E-state index in [9.17, 15) is 4.79 Å². The van der Waals surface area contributed by atoms with Gasteiger partial charge in [0.05, 0.1) is 23.8 Å². The van der Waals surface area contributed by atoms with Crippen LogP contribution in [0.2, 0.25) is 0 Å². The zero-order valence-corrected chi connectivity index (χ0v) is 13.9. The zero-order valence-electron chi connectivity index (χ0n) is 13.9. The van der Waals surface area contributed by atoms with Crippen LogP contribution in [0.5, 0.6) is 11.6 Å². The molecule has 0 saturated heterocycles. The molecule has 25 heavy (non-hydrogen) atoms. The summed E-state index contributed by atoms with van der Waals surface area (Å²) in [7, 11) is 0. The van der Waals surface area contributed by atoms with Crippen molar-refractivity contribution in [2.24, 2.45) is 5.73 Å². The first-order chi connectivity index (χ1) is 12.0. The second kappa shape index (κ2) is 6.96. The molecule has 0 aliphatic rings. The van der Waals surface area contributed by atoms with Gasteiger partial charge in [0.25, 0.3) is 0 Å². The highest BCUT2D eigenvalue weighted by molar-refractivity contribution is 5.99. The van der Waals surface area contributed by atoms with E-state index in [-0.39, 0.29) is 0 Å². The molecule has 126 valence electrons. The maximum atomic E-state index is 12.1. The van der Waals surface area contributed by atoms with E-state index >= 15 is 0 Å². The minimum absolute atomic E-state index is 0.314. The van der Waals surface area contributed by atoms with Crippen molar-refractivity contribution < 1.29 is 9.53 Å². The molecule has 7 heteroatoms. The number of nitrogens with two attached hydrogens (primary N) is 1. The Labute approximate surface area is 145 Å². The quantitative estimate of drug-likeness (QED) is 0.787. The van der Waals surface area contributed by atoms with Gasteiger partial charge in [0, 0.05) is 12.3 Å². The molecule has 0 aliphatic carbocycles. The Hall–Kier alpha value is -3.48. The number of ether oxygens (including phenoxy) is 1. The van der Waals surface area contributed by atoms with E-state index in [1.54, 1.807) is 36.7 Å². The van der Waals surface area contributed by atoms with E-state index in [4.69, 9.17) is 10.5 Å². The number of rotatable bonds is 4. The number of aromatic nitrogens is 3. The topological polar surface area (TPSA) is 94.2 Å². The van der Waals surface area contributed by atoms with E-state index < -0.39 is 6.03 Å². The number of pyridine rings is 1. The molecule has 2 amide bonds. The molecule has 3 rings (SSSR count). The Morgan fingerprint density at radius 2 is 1.92 bits per heavy atom. The van der Waals surface area contributed by atoms with Gasteiger partial charge in [0.15, 0.2) is 11.6 Å². The number of carbonyl (C=O) groups excluding carboxylic acids is 1. The van der Waals surface area contributed by atoms with Crippen LogP contribution in [0.1, 0.15) is 11.3 Å². The number of primary amides is 1. The van der Waals surface area contributed by atoms with Crippen molar-refractivity contribution >= 4 is 17.5 Å². The molecule has 0 atom stereocenters. The fraction of sp³-hybridized carbons (Fsp3) is 0.111. The highest BCUT2D eigenvalue weighted by Gasteiger charge is 2.21. The molecule has 0 saturated carbocycles. The minimum Gasteiger partial charge on any atom is -0.437 e. The zero-order chi connectivity index (χ0) is 17.8. The number of benzene rings is 1. The van der Waals surface area contributed by atoms with Gasteiger partial charge in [-0.3, -0.25) is 4.98 Å². The van der Waals surface area contributed by atoms with Crippen LogP contribution in [0.25, 0.3) is 0 Å². The molecule has 0 bridgehead atoms. The number of aryl methyl sites for hydroxylation is 2. The van der Waals surface area contributed by atoms with Gasteiger partial charge < -0.3 is 10.5 Å². The number of hydrogen-bond acceptors (Lipinski definition) is 5. The van der Waals surface area contributed by atoms with Crippen molar-refractivity contribution in [2.75, 3.05) is 4.90 Å². The third-order valence-corrected chi connectivity index (χ3v) is 3.42. The van der Waals surface area contributed by atoms with Gasteiger partial charge in [-0.1, -0.05) is 12.1 Å². The highest BCUT2D eigenvalue weighted by Crippen LogP contribution is 2.35. The molecule has 0 unspecified atom stereocenters. The molecule has 0 fully saturated rings. The molecule has 0 radical (unpaired) electrons. The third kappa shape index (κ3) is 3.72. The van der Waals surface area contributed by atoms with E-state index in [2.05, 4.69) is 15.0 Å². The monoisotopic (exact) mass is 335 g/mol. The molecule has 0 aliphatic heterocycles. The lowest BCUT2D eigenvalue weighted by Crippen LogP contribution is -2.32. The number of hydrogen-bond donors (Lipinski definition) is 1. The summed E-state index contributed by atoms with van der Waals surface area (Å²) in [6.07, 6.45) is 4.69. The summed E-state index contributed by atoms with van der Waals surface area (Å²) in [6.45, 7) is 3.72. The lowest BCUT2D eigenvalue weighted by molar-refractivity contribution is 0.255. The average Bonchev–Trinajstić information content (AvgIpc) is 2.60. The van der Waals surface area contributed by atoms with Gasteiger partial charge in [-0.05, 0) is 37.6 Å². The van der Waals surface area contributed by atoms with Crippen LogP contribution >= 0.6 is 0 Å². The smallest absolute Gasteiger partial charge is 0.325 e. The molecular weight excluding hydrogens is 318 g/mol. The van der Waals surface area contributed by atoms with Crippen LogP contribution < -0.4 is 15.4 Å². The Kier molecular flexibility index (Phi) is 4.56. The largest absolute Gasteiger partial charge is 0.437 e. The average molecular weight is 335 g/mol. The standard InChI is InChI=1S/C18H17N5O2/c1-12-6-7-15(25-17-5-3-4-8-20-17)14(9-12)23(18(19)24)16-11-21-13(2)10-22-16/h3-11H,1-2H3,(H2,19,24). The summed E-state index contributed by atoms with van der Waals surface area (Å²) in [5, 5.41) is 0. The summed E-state index contributed by atoms with van der Waals surface area (Å²) in [6, 6.07) is 10.1. The van der Waals surface area contributed by atoms with Crippen molar-refractivity contribution in [1.29, 1.82) is 0 Å². The van der Waals surface area contributed by atoms with Crippen LogP contribution in [0.4, 0.5) is 16.3 Å². The number of nitrogens with zero attached hydrogens (tertiary/aromatic N) is 4. The fourth-order valence-electron chi connectivity index (χ4n) is 2.26. The molecule has 1 aromatic carbocycles. The first-order valence-electron chi connectivity index (χ1n) is 7.62. The van der Waals surface area contributed by atoms with Gasteiger partial charge >= 0.3 is 6.03 Å². The van der Waals surface area contributed by atoms with Crippen LogP contribution in [0.15, 0.2) is 55.0 Å². The normalized spacial score (nSPS) is 10.3. The predicted molar refractivity (Wildman–Crippen MR) is 94.0 cm³/mol. The van der Waals surface area contributed by atoms with Crippen molar-refractivity contribution in [3.8, 4) is 11.6 Å². The maximum Gasteiger partial charge on any atom is 0.325 e. The lowest BCUT2D eigenvalue weighted by atomic mass is 10.2. The highest BCUT2D eigenvalue weighted by atomic mass is 16.5. The van der Waals surface area contributed by atoms with E-state index in [1.165, 1.54) is 11.1 Å². The van der Waals surface area contributed by atoms with Crippen molar-refractivity contribution in [1.82, 2.24) is 15.0 Å². The van der Waals surface area contributed by atoms with Crippen LogP contribution in [0.3, 0.4) is 0 Å². The first-order valence-corrected chi connectivity index (χ1v) is 7.62. The van der Waals surface area contributed by atoms with Crippen molar-refractivity contribution in [2.45, 2.75) is 13.8 Å². The van der Waals surface area contributed by atoms with Gasteiger partial charge in [-0.25, -0.2) is 19.7 Å². The third-order valence-electron chi connectivity index (χ3n) is 3.42. The molecule has 2 N–H and O–H groups in total. The SMILES string of the molecule is Cc1ccc(Oc2ccccn2)c(N(C(N)=O)c2cnc(C)cn2)c1. The van der Waals surface area contributed by atoms with E-state index in [0.29, 0.717) is 23.1 Å². The summed E-state index contributed by atoms with van der Waals surface area (Å²) < 4.78 is 5.83. The van der Waals surface area contributed by atoms with E-state index in [0.717, 1.165) is 11.3 Å². The number of anilines is 2. The number of amides is 2. The lowest BCUT2D eigenvalue weighted by Gasteiger charge is -2.22. The molecule has 2 aromatic heterocycles. The van der Waals surface area contributed by atoms with E-state index in [1.807, 2.05) is 26.0 Å². The molecule has 7 nitrogen and oxygen atoms in total. The first kappa shape index (κ1) is 16.4. The fourth-order valence-corrected chi connectivity index (χ4v) is 2.26. The van der Waals surface area contributed by atoms with Crippen LogP contribution in [-0.4, -0.2) is 21.0 Å². The summed E-state index contributed by atoms with van der Waals surface area (Å²) in [5.41, 5.74) is 7.75. The minimum atomic E-state index is -0.686.